The molecule has 1 aliphatic carbocycles. The van der Waals surface area contributed by atoms with Crippen LogP contribution in [0.15, 0.2) is 18.2 Å². The van der Waals surface area contributed by atoms with Crippen molar-refractivity contribution < 1.29 is 9.53 Å². The van der Waals surface area contributed by atoms with E-state index in [1.54, 1.807) is 7.11 Å². The highest BCUT2D eigenvalue weighted by molar-refractivity contribution is 5.95. The predicted octanol–water partition coefficient (Wildman–Crippen LogP) is 3.75. The van der Waals surface area contributed by atoms with E-state index < -0.39 is 0 Å². The van der Waals surface area contributed by atoms with E-state index in [1.807, 2.05) is 37.1 Å². The van der Waals surface area contributed by atoms with Crippen molar-refractivity contribution in [1.29, 1.82) is 0 Å². The van der Waals surface area contributed by atoms with Gasteiger partial charge >= 0.3 is 0 Å². The van der Waals surface area contributed by atoms with Crippen LogP contribution in [-0.2, 0) is 4.74 Å². The summed E-state index contributed by atoms with van der Waals surface area (Å²) in [5.41, 5.74) is 2.34. The molecule has 9 nitrogen and oxygen atoms in total. The average molecular weight is 456 g/mol. The number of nitrogens with one attached hydrogen (secondary N) is 3. The van der Waals surface area contributed by atoms with E-state index in [0.29, 0.717) is 48.5 Å². The van der Waals surface area contributed by atoms with E-state index in [2.05, 4.69) is 44.7 Å². The second kappa shape index (κ2) is 11.8. The lowest BCUT2D eigenvalue weighted by molar-refractivity contribution is 0.0937. The van der Waals surface area contributed by atoms with Crippen molar-refractivity contribution >= 4 is 29.4 Å². The molecule has 0 atom stereocenters. The highest BCUT2D eigenvalue weighted by Gasteiger charge is 2.18. The van der Waals surface area contributed by atoms with Crippen LogP contribution in [0.2, 0.25) is 0 Å². The van der Waals surface area contributed by atoms with Gasteiger partial charge in [-0.25, -0.2) is 0 Å². The van der Waals surface area contributed by atoms with Gasteiger partial charge in [0.15, 0.2) is 0 Å². The Morgan fingerprint density at radius 2 is 1.91 bits per heavy atom. The summed E-state index contributed by atoms with van der Waals surface area (Å²) in [6.07, 6.45) is 4.72. The molecule has 1 aromatic heterocycles. The van der Waals surface area contributed by atoms with E-state index in [4.69, 9.17) is 4.74 Å². The number of aryl methyl sites for hydroxylation is 1. The van der Waals surface area contributed by atoms with Crippen molar-refractivity contribution in [3.8, 4) is 0 Å². The number of aromatic nitrogens is 3. The van der Waals surface area contributed by atoms with Gasteiger partial charge in [0.2, 0.25) is 17.8 Å². The minimum absolute atomic E-state index is 0.147. The zero-order chi connectivity index (χ0) is 23.8. The van der Waals surface area contributed by atoms with E-state index in [1.165, 1.54) is 12.8 Å². The first-order valence-electron chi connectivity index (χ1n) is 11.7. The van der Waals surface area contributed by atoms with Gasteiger partial charge in [0.1, 0.15) is 0 Å². The number of rotatable bonds is 11. The summed E-state index contributed by atoms with van der Waals surface area (Å²) in [5, 5.41) is 9.65. The molecule has 1 aromatic carbocycles. The molecule has 1 fully saturated rings. The predicted molar refractivity (Wildman–Crippen MR) is 132 cm³/mol. The Hall–Kier alpha value is -2.94. The summed E-state index contributed by atoms with van der Waals surface area (Å²) in [6.45, 7) is 8.09. The number of benzene rings is 1. The van der Waals surface area contributed by atoms with Crippen molar-refractivity contribution in [3.05, 3.63) is 29.3 Å². The maximum absolute atomic E-state index is 12.5. The summed E-state index contributed by atoms with van der Waals surface area (Å²) in [5.74, 6) is 1.98. The van der Waals surface area contributed by atoms with Gasteiger partial charge in [-0.15, -0.1) is 0 Å². The molecule has 1 aliphatic rings. The van der Waals surface area contributed by atoms with Gasteiger partial charge in [-0.2, -0.15) is 15.0 Å². The number of amides is 1. The Labute approximate surface area is 196 Å². The second-order valence-electron chi connectivity index (χ2n) is 9.09. The second-order valence-corrected chi connectivity index (χ2v) is 9.09. The third-order valence-electron chi connectivity index (χ3n) is 5.63. The number of hydrogen-bond donors (Lipinski definition) is 3. The van der Waals surface area contributed by atoms with E-state index in [-0.39, 0.29) is 5.91 Å². The third-order valence-corrected chi connectivity index (χ3v) is 5.63. The third kappa shape index (κ3) is 7.28. The maximum atomic E-state index is 12.5. The van der Waals surface area contributed by atoms with Gasteiger partial charge in [0.25, 0.3) is 5.91 Å². The molecular weight excluding hydrogens is 418 g/mol. The molecule has 33 heavy (non-hydrogen) atoms. The summed E-state index contributed by atoms with van der Waals surface area (Å²) in [7, 11) is 3.60. The molecule has 0 spiro atoms. The number of carbonyl (C=O) groups is 1. The molecule has 0 saturated heterocycles. The number of nitrogens with zero attached hydrogens (tertiary/aromatic N) is 4. The van der Waals surface area contributed by atoms with Crippen LogP contribution in [0.4, 0.5) is 23.5 Å². The molecule has 3 N–H and O–H groups in total. The smallest absolute Gasteiger partial charge is 0.251 e. The first-order valence-corrected chi connectivity index (χ1v) is 11.7. The summed E-state index contributed by atoms with van der Waals surface area (Å²) >= 11 is 0. The zero-order valence-corrected chi connectivity index (χ0v) is 20.4. The van der Waals surface area contributed by atoms with Gasteiger partial charge < -0.3 is 25.6 Å². The first kappa shape index (κ1) is 24.7. The van der Waals surface area contributed by atoms with Crippen molar-refractivity contribution in [3.63, 3.8) is 0 Å². The standard InChI is InChI=1S/C24H37N7O2/c1-16(2)15-31(4)24-29-22(26-19-8-6-7-9-19)28-23(30-24)27-20-14-18(11-10-17(20)3)21(32)25-12-13-33-5/h10-11,14,16,19H,6-9,12-13,15H2,1-5H3,(H,25,32)(H2,26,27,28,29,30). The Morgan fingerprint density at radius 3 is 2.61 bits per heavy atom. The Bertz CT molecular complexity index is 929. The van der Waals surface area contributed by atoms with Crippen LogP contribution in [0, 0.1) is 12.8 Å². The molecule has 9 heteroatoms. The fourth-order valence-electron chi connectivity index (χ4n) is 3.93. The van der Waals surface area contributed by atoms with Crippen molar-refractivity contribution in [1.82, 2.24) is 20.3 Å². The minimum atomic E-state index is -0.147. The fraction of sp³-hybridized carbons (Fsp3) is 0.583. The Balaban J connectivity index is 1.84. The molecule has 0 unspecified atom stereocenters. The lowest BCUT2D eigenvalue weighted by Crippen LogP contribution is -2.27. The summed E-state index contributed by atoms with van der Waals surface area (Å²) in [4.78, 5) is 28.5. The minimum Gasteiger partial charge on any atom is -0.383 e. The normalized spacial score (nSPS) is 13.9. The number of carbonyl (C=O) groups excluding carboxylic acids is 1. The maximum Gasteiger partial charge on any atom is 0.251 e. The van der Waals surface area contributed by atoms with Crippen LogP contribution in [-0.4, -0.2) is 60.8 Å². The average Bonchev–Trinajstić information content (AvgIpc) is 3.27. The van der Waals surface area contributed by atoms with E-state index in [9.17, 15) is 4.79 Å². The van der Waals surface area contributed by atoms with Crippen LogP contribution >= 0.6 is 0 Å². The Kier molecular flexibility index (Phi) is 8.82. The first-order chi connectivity index (χ1) is 15.9. The van der Waals surface area contributed by atoms with Gasteiger partial charge in [-0.1, -0.05) is 32.8 Å². The van der Waals surface area contributed by atoms with Gasteiger partial charge in [-0.05, 0) is 43.4 Å². The molecule has 180 valence electrons. The largest absolute Gasteiger partial charge is 0.383 e. The molecule has 1 saturated carbocycles. The summed E-state index contributed by atoms with van der Waals surface area (Å²) < 4.78 is 5.00. The number of hydrogen-bond acceptors (Lipinski definition) is 8. The highest BCUT2D eigenvalue weighted by Crippen LogP contribution is 2.25. The fourth-order valence-corrected chi connectivity index (χ4v) is 3.93. The lowest BCUT2D eigenvalue weighted by atomic mass is 10.1. The summed E-state index contributed by atoms with van der Waals surface area (Å²) in [6, 6.07) is 5.94. The van der Waals surface area contributed by atoms with Gasteiger partial charge in [0, 0.05) is 44.5 Å². The monoisotopic (exact) mass is 455 g/mol. The van der Waals surface area contributed by atoms with Crippen LogP contribution in [0.5, 0.6) is 0 Å². The Morgan fingerprint density at radius 1 is 1.18 bits per heavy atom. The van der Waals surface area contributed by atoms with Crippen LogP contribution in [0.25, 0.3) is 0 Å². The SMILES string of the molecule is COCCNC(=O)c1ccc(C)c(Nc2nc(NC3CCCC3)nc(N(C)CC(C)C)n2)c1. The molecule has 3 rings (SSSR count). The molecule has 2 aromatic rings. The van der Waals surface area contributed by atoms with Crippen molar-refractivity contribution in [2.45, 2.75) is 52.5 Å². The molecule has 0 aliphatic heterocycles. The van der Waals surface area contributed by atoms with E-state index in [0.717, 1.165) is 30.6 Å². The molecule has 1 heterocycles. The van der Waals surface area contributed by atoms with Gasteiger partial charge in [-0.3, -0.25) is 4.79 Å². The van der Waals surface area contributed by atoms with E-state index >= 15 is 0 Å². The van der Waals surface area contributed by atoms with Crippen LogP contribution in [0.1, 0.15) is 55.5 Å². The molecule has 0 bridgehead atoms. The van der Waals surface area contributed by atoms with Crippen LogP contribution in [0.3, 0.4) is 0 Å². The number of anilines is 4. The topological polar surface area (TPSA) is 104 Å². The molecule has 0 radical (unpaired) electrons. The molecule has 1 amide bonds. The van der Waals surface area contributed by atoms with Crippen molar-refractivity contribution in [2.75, 3.05) is 49.4 Å². The van der Waals surface area contributed by atoms with Crippen molar-refractivity contribution in [2.24, 2.45) is 5.92 Å². The quantitative estimate of drug-likeness (QED) is 0.440. The highest BCUT2D eigenvalue weighted by atomic mass is 16.5. The zero-order valence-electron chi connectivity index (χ0n) is 20.4. The van der Waals surface area contributed by atoms with Gasteiger partial charge in [0.05, 0.1) is 6.61 Å². The van der Waals surface area contributed by atoms with Crippen LogP contribution < -0.4 is 20.9 Å². The molecular formula is C24H37N7O2. The number of ether oxygens (including phenoxy) is 1. The lowest BCUT2D eigenvalue weighted by Gasteiger charge is -2.21. The number of methoxy groups -OCH3 is 1.